The van der Waals surface area contributed by atoms with E-state index in [1.807, 2.05) is 0 Å². The van der Waals surface area contributed by atoms with E-state index in [-0.39, 0.29) is 12.6 Å². The zero-order chi connectivity index (χ0) is 8.72. The number of amidine groups is 1. The summed E-state index contributed by atoms with van der Waals surface area (Å²) in [6.07, 6.45) is -0.719. The molecule has 0 spiro atoms. The van der Waals surface area contributed by atoms with Crippen molar-refractivity contribution in [3.63, 3.8) is 0 Å². The Balaban J connectivity index is 2.25. The zero-order valence-electron chi connectivity index (χ0n) is 5.89. The lowest BCUT2D eigenvalue weighted by Crippen LogP contribution is -2.42. The van der Waals surface area contributed by atoms with Gasteiger partial charge in [0.25, 0.3) is 0 Å². The Morgan fingerprint density at radius 2 is 2.25 bits per heavy atom. The maximum absolute atomic E-state index is 10.7. The largest absolute Gasteiger partial charge is 0.429 e. The Morgan fingerprint density at radius 1 is 1.50 bits per heavy atom. The van der Waals surface area contributed by atoms with Crippen molar-refractivity contribution in [3.05, 3.63) is 0 Å². The minimum atomic E-state index is -1.09. The van der Waals surface area contributed by atoms with Crippen LogP contribution in [0.2, 0.25) is 0 Å². The first-order chi connectivity index (χ1) is 5.66. The smallest absolute Gasteiger partial charge is 0.425 e. The van der Waals surface area contributed by atoms with E-state index in [4.69, 9.17) is 5.84 Å². The van der Waals surface area contributed by atoms with Crippen molar-refractivity contribution in [2.24, 2.45) is 10.8 Å². The van der Waals surface area contributed by atoms with Gasteiger partial charge in [0, 0.05) is 0 Å². The standard InChI is InChI=1S/C5H5N3O4/c6-8-1-2-7-5(8)12-4(10)3(9)11-2/h2H,1,6H2. The Morgan fingerprint density at radius 3 is 3.00 bits per heavy atom. The van der Waals surface area contributed by atoms with Crippen molar-refractivity contribution < 1.29 is 19.1 Å². The van der Waals surface area contributed by atoms with Gasteiger partial charge in [0.1, 0.15) is 0 Å². The number of carbonyl (C=O) groups is 2. The summed E-state index contributed by atoms with van der Waals surface area (Å²) >= 11 is 0. The zero-order valence-corrected chi connectivity index (χ0v) is 5.89. The molecule has 0 fully saturated rings. The summed E-state index contributed by atoms with van der Waals surface area (Å²) < 4.78 is 9.03. The van der Waals surface area contributed by atoms with Crippen LogP contribution in [0, 0.1) is 0 Å². The third-order valence-corrected chi connectivity index (χ3v) is 1.45. The molecule has 1 atom stereocenters. The van der Waals surface area contributed by atoms with E-state index in [0.29, 0.717) is 0 Å². The van der Waals surface area contributed by atoms with Crippen LogP contribution in [0.25, 0.3) is 0 Å². The summed E-state index contributed by atoms with van der Waals surface area (Å²) in [6.45, 7) is 0.217. The number of hydrogen-bond acceptors (Lipinski definition) is 7. The molecule has 0 aromatic carbocycles. The third kappa shape index (κ3) is 0.909. The van der Waals surface area contributed by atoms with Crippen molar-refractivity contribution in [1.82, 2.24) is 5.01 Å². The fraction of sp³-hybridized carbons (Fsp3) is 0.400. The SMILES string of the molecule is NN1CC2N=C1OC(=O)C(=O)O2. The van der Waals surface area contributed by atoms with Crippen LogP contribution in [0.1, 0.15) is 0 Å². The Kier molecular flexibility index (Phi) is 1.28. The van der Waals surface area contributed by atoms with Crippen LogP contribution in [0.15, 0.2) is 4.99 Å². The summed E-state index contributed by atoms with van der Waals surface area (Å²) in [4.78, 5) is 25.1. The van der Waals surface area contributed by atoms with E-state index in [1.54, 1.807) is 0 Å². The highest BCUT2D eigenvalue weighted by atomic mass is 16.6. The van der Waals surface area contributed by atoms with E-state index >= 15 is 0 Å². The molecule has 2 N–H and O–H groups in total. The first kappa shape index (κ1) is 7.04. The molecule has 64 valence electrons. The highest BCUT2D eigenvalue weighted by Crippen LogP contribution is 2.12. The molecule has 0 aliphatic carbocycles. The van der Waals surface area contributed by atoms with Gasteiger partial charge in [-0.25, -0.2) is 15.4 Å². The topological polar surface area (TPSA) is 94.2 Å². The van der Waals surface area contributed by atoms with Crippen LogP contribution in [-0.2, 0) is 19.1 Å². The highest BCUT2D eigenvalue weighted by Gasteiger charge is 2.36. The summed E-state index contributed by atoms with van der Waals surface area (Å²) in [5.74, 6) is 3.20. The lowest BCUT2D eigenvalue weighted by molar-refractivity contribution is -0.166. The van der Waals surface area contributed by atoms with Crippen LogP contribution < -0.4 is 5.84 Å². The summed E-state index contributed by atoms with van der Waals surface area (Å²) in [5.41, 5.74) is 0. The molecule has 0 aromatic rings. The highest BCUT2D eigenvalue weighted by molar-refractivity contribution is 6.32. The van der Waals surface area contributed by atoms with Gasteiger partial charge in [-0.05, 0) is 0 Å². The summed E-state index contributed by atoms with van der Waals surface area (Å²) in [5, 5.41) is 1.11. The minimum absolute atomic E-state index is 0.0733. The van der Waals surface area contributed by atoms with Crippen molar-refractivity contribution in [2.45, 2.75) is 6.23 Å². The molecule has 12 heavy (non-hydrogen) atoms. The number of fused-ring (bicyclic) bond motifs is 1. The van der Waals surface area contributed by atoms with Gasteiger partial charge in [0.2, 0.25) is 6.23 Å². The average Bonchev–Trinajstić information content (AvgIpc) is 2.24. The van der Waals surface area contributed by atoms with Crippen LogP contribution in [0.5, 0.6) is 0 Å². The molecule has 0 saturated carbocycles. The first-order valence-corrected chi connectivity index (χ1v) is 3.19. The number of aliphatic imine (C=N–C) groups is 1. The maximum Gasteiger partial charge on any atom is 0.425 e. The first-order valence-electron chi connectivity index (χ1n) is 3.19. The molecule has 2 rings (SSSR count). The van der Waals surface area contributed by atoms with Gasteiger partial charge in [0.05, 0.1) is 6.54 Å². The molecule has 0 saturated heterocycles. The molecular formula is C5H5N3O4. The predicted molar refractivity (Wildman–Crippen MR) is 34.3 cm³/mol. The molecule has 1 unspecified atom stereocenters. The second-order valence-electron chi connectivity index (χ2n) is 2.31. The van der Waals surface area contributed by atoms with Crippen molar-refractivity contribution in [2.75, 3.05) is 6.54 Å². The van der Waals surface area contributed by atoms with Gasteiger partial charge >= 0.3 is 18.0 Å². The Hall–Kier alpha value is -1.63. The van der Waals surface area contributed by atoms with Gasteiger partial charge in [-0.15, -0.1) is 0 Å². The number of nitrogens with two attached hydrogens (primary N) is 1. The monoisotopic (exact) mass is 171 g/mol. The van der Waals surface area contributed by atoms with Gasteiger partial charge < -0.3 is 9.47 Å². The maximum atomic E-state index is 10.7. The van der Waals surface area contributed by atoms with Crippen LogP contribution in [0.3, 0.4) is 0 Å². The number of rotatable bonds is 0. The normalized spacial score (nSPS) is 27.6. The van der Waals surface area contributed by atoms with E-state index in [0.717, 1.165) is 5.01 Å². The van der Waals surface area contributed by atoms with Crippen LogP contribution in [-0.4, -0.2) is 35.7 Å². The number of ether oxygens (including phenoxy) is 2. The molecule has 0 radical (unpaired) electrons. The molecule has 2 aliphatic heterocycles. The van der Waals surface area contributed by atoms with Crippen LogP contribution in [0.4, 0.5) is 0 Å². The fourth-order valence-corrected chi connectivity index (χ4v) is 0.929. The second kappa shape index (κ2) is 2.18. The van der Waals surface area contributed by atoms with Gasteiger partial charge in [-0.3, -0.25) is 5.01 Å². The lowest BCUT2D eigenvalue weighted by Gasteiger charge is -2.15. The summed E-state index contributed by atoms with van der Waals surface area (Å²) in [6, 6.07) is -0.0733. The summed E-state index contributed by atoms with van der Waals surface area (Å²) in [7, 11) is 0. The number of nitrogens with zero attached hydrogens (tertiary/aromatic N) is 2. The molecule has 2 aliphatic rings. The minimum Gasteiger partial charge on any atom is -0.429 e. The van der Waals surface area contributed by atoms with Crippen molar-refractivity contribution in [1.29, 1.82) is 0 Å². The Bertz CT molecular complexity index is 286. The van der Waals surface area contributed by atoms with E-state index in [2.05, 4.69) is 14.5 Å². The molecule has 0 amide bonds. The van der Waals surface area contributed by atoms with E-state index in [9.17, 15) is 9.59 Å². The average molecular weight is 171 g/mol. The van der Waals surface area contributed by atoms with E-state index in [1.165, 1.54) is 0 Å². The molecular weight excluding hydrogens is 166 g/mol. The fourth-order valence-electron chi connectivity index (χ4n) is 0.929. The lowest BCUT2D eigenvalue weighted by atomic mass is 10.5. The van der Waals surface area contributed by atoms with Gasteiger partial charge in [-0.1, -0.05) is 0 Å². The second-order valence-corrected chi connectivity index (χ2v) is 2.31. The molecule has 2 bridgehead atoms. The molecule has 0 aromatic heterocycles. The van der Waals surface area contributed by atoms with Gasteiger partial charge in [-0.2, -0.15) is 4.99 Å². The molecule has 7 heteroatoms. The Labute approximate surface area is 66.7 Å². The van der Waals surface area contributed by atoms with Crippen molar-refractivity contribution >= 4 is 18.0 Å². The molecule has 2 heterocycles. The van der Waals surface area contributed by atoms with Crippen molar-refractivity contribution in [3.8, 4) is 0 Å². The number of esters is 2. The van der Waals surface area contributed by atoms with Crippen LogP contribution >= 0.6 is 0 Å². The molecule has 7 nitrogen and oxygen atoms in total. The quantitative estimate of drug-likeness (QED) is 0.256. The van der Waals surface area contributed by atoms with E-state index < -0.39 is 18.2 Å². The third-order valence-electron chi connectivity index (χ3n) is 1.45. The number of hydrazine groups is 1. The predicted octanol–water partition coefficient (Wildman–Crippen LogP) is -2.04. The number of hydrogen-bond donors (Lipinski definition) is 1. The van der Waals surface area contributed by atoms with Gasteiger partial charge in [0.15, 0.2) is 0 Å². The number of carbonyl (C=O) groups excluding carboxylic acids is 2.